The van der Waals surface area contributed by atoms with E-state index >= 15 is 0 Å². The lowest BCUT2D eigenvalue weighted by Gasteiger charge is -2.46. The maximum Gasteiger partial charge on any atom is 0.417 e. The van der Waals surface area contributed by atoms with Gasteiger partial charge >= 0.3 is 6.09 Å². The Morgan fingerprint density at radius 3 is 2.52 bits per heavy atom. The van der Waals surface area contributed by atoms with Crippen LogP contribution in [-0.4, -0.2) is 37.9 Å². The quantitative estimate of drug-likeness (QED) is 0.391. The van der Waals surface area contributed by atoms with Crippen molar-refractivity contribution in [1.82, 2.24) is 4.90 Å². The van der Waals surface area contributed by atoms with Crippen LogP contribution < -0.4 is 0 Å². The number of nitrogens with zero attached hydrogens (tertiary/aromatic N) is 1. The Kier molecular flexibility index (Phi) is 6.61. The van der Waals surface area contributed by atoms with Gasteiger partial charge in [-0.1, -0.05) is 32.9 Å². The average molecular weight is 366 g/mol. The van der Waals surface area contributed by atoms with Crippen LogP contribution in [-0.2, 0) is 14.0 Å². The van der Waals surface area contributed by atoms with Crippen molar-refractivity contribution in [1.29, 1.82) is 0 Å². The summed E-state index contributed by atoms with van der Waals surface area (Å²) in [4.78, 5) is 26.0. The molecule has 2 amide bonds. The molecule has 2 heterocycles. The second-order valence-corrected chi connectivity index (χ2v) is 10.8. The van der Waals surface area contributed by atoms with Crippen LogP contribution in [0.5, 0.6) is 0 Å². The second-order valence-electron chi connectivity index (χ2n) is 6.10. The van der Waals surface area contributed by atoms with Crippen molar-refractivity contribution in [3.8, 4) is 0 Å². The standard InChI is InChI=1S/C18H27NO5Si/c1-5-9-12-23-18(21)19-15(14-11-10-13-22-14)16(17(19)20)24-25(6-2,7-3)8-4/h5,9-11,13,15-16H,6-8,12H2,1-4H3/t15-,16+/m1/s1. The molecule has 25 heavy (non-hydrogen) atoms. The van der Waals surface area contributed by atoms with Gasteiger partial charge in [0, 0.05) is 0 Å². The molecule has 0 aromatic carbocycles. The number of imide groups is 1. The Labute approximate surface area is 149 Å². The maximum absolute atomic E-state index is 12.6. The number of amides is 2. The fraction of sp³-hybridized carbons (Fsp3) is 0.556. The molecule has 0 saturated carbocycles. The number of carbonyl (C=O) groups is 2. The van der Waals surface area contributed by atoms with Gasteiger partial charge in [0.15, 0.2) is 14.4 Å². The van der Waals surface area contributed by atoms with Crippen LogP contribution in [0.15, 0.2) is 35.0 Å². The van der Waals surface area contributed by atoms with Crippen LogP contribution in [0.3, 0.4) is 0 Å². The zero-order valence-electron chi connectivity index (χ0n) is 15.4. The largest absolute Gasteiger partial charge is 0.467 e. The zero-order valence-corrected chi connectivity index (χ0v) is 16.4. The molecule has 138 valence electrons. The van der Waals surface area contributed by atoms with Crippen LogP contribution in [0, 0.1) is 0 Å². The number of rotatable bonds is 8. The minimum atomic E-state index is -1.99. The van der Waals surface area contributed by atoms with Crippen LogP contribution in [0.1, 0.15) is 39.5 Å². The summed E-state index contributed by atoms with van der Waals surface area (Å²) in [5.74, 6) is 0.192. The van der Waals surface area contributed by atoms with Gasteiger partial charge in [0.05, 0.1) is 6.26 Å². The number of allylic oxidation sites excluding steroid dienone is 1. The van der Waals surface area contributed by atoms with E-state index in [0.717, 1.165) is 23.0 Å². The van der Waals surface area contributed by atoms with Gasteiger partial charge in [-0.2, -0.15) is 0 Å². The fourth-order valence-electron chi connectivity index (χ4n) is 3.07. The summed E-state index contributed by atoms with van der Waals surface area (Å²) < 4.78 is 16.9. The first-order valence-electron chi connectivity index (χ1n) is 8.85. The highest BCUT2D eigenvalue weighted by atomic mass is 28.4. The van der Waals surface area contributed by atoms with Gasteiger partial charge in [-0.3, -0.25) is 4.79 Å². The van der Waals surface area contributed by atoms with Crippen molar-refractivity contribution in [3.05, 3.63) is 36.3 Å². The maximum atomic E-state index is 12.6. The van der Waals surface area contributed by atoms with E-state index in [4.69, 9.17) is 13.6 Å². The van der Waals surface area contributed by atoms with Crippen molar-refractivity contribution in [3.63, 3.8) is 0 Å². The van der Waals surface area contributed by atoms with E-state index in [9.17, 15) is 9.59 Å². The van der Waals surface area contributed by atoms with E-state index in [1.807, 2.05) is 6.92 Å². The molecule has 1 aliphatic rings. The predicted molar refractivity (Wildman–Crippen MR) is 96.5 cm³/mol. The summed E-state index contributed by atoms with van der Waals surface area (Å²) in [6, 6.07) is 5.73. The molecule has 1 fully saturated rings. The highest BCUT2D eigenvalue weighted by Crippen LogP contribution is 2.41. The molecule has 0 aliphatic carbocycles. The van der Waals surface area contributed by atoms with Gasteiger partial charge in [0.25, 0.3) is 5.91 Å². The van der Waals surface area contributed by atoms with Crippen molar-refractivity contribution in [2.75, 3.05) is 6.61 Å². The van der Waals surface area contributed by atoms with E-state index in [1.165, 1.54) is 6.26 Å². The van der Waals surface area contributed by atoms with Gasteiger partial charge in [0.1, 0.15) is 18.4 Å². The van der Waals surface area contributed by atoms with E-state index in [2.05, 4.69) is 20.8 Å². The molecule has 0 unspecified atom stereocenters. The second kappa shape index (κ2) is 8.49. The van der Waals surface area contributed by atoms with E-state index in [1.54, 1.807) is 24.3 Å². The fourth-order valence-corrected chi connectivity index (χ4v) is 5.84. The molecule has 0 radical (unpaired) electrons. The summed E-state index contributed by atoms with van der Waals surface area (Å²) in [5, 5.41) is 0. The Hall–Kier alpha value is -1.86. The Morgan fingerprint density at radius 2 is 2.00 bits per heavy atom. The molecular formula is C18H27NO5Si. The van der Waals surface area contributed by atoms with Crippen molar-refractivity contribution >= 4 is 20.3 Å². The molecule has 1 aromatic heterocycles. The van der Waals surface area contributed by atoms with Gasteiger partial charge in [-0.15, -0.1) is 0 Å². The molecule has 2 atom stereocenters. The molecule has 7 heteroatoms. The lowest BCUT2D eigenvalue weighted by molar-refractivity contribution is -0.162. The first-order chi connectivity index (χ1) is 12.0. The molecule has 0 spiro atoms. The highest BCUT2D eigenvalue weighted by molar-refractivity contribution is 6.73. The molecule has 1 saturated heterocycles. The summed E-state index contributed by atoms with van der Waals surface area (Å²) in [7, 11) is -1.99. The monoisotopic (exact) mass is 365 g/mol. The van der Waals surface area contributed by atoms with Crippen LogP contribution >= 0.6 is 0 Å². The van der Waals surface area contributed by atoms with Gasteiger partial charge < -0.3 is 13.6 Å². The van der Waals surface area contributed by atoms with Crippen molar-refractivity contribution in [2.45, 2.75) is 58.0 Å². The SMILES string of the molecule is CC=CCOC(=O)N1C(=O)[C@@H](O[Si](CC)(CC)CC)[C@H]1c1ccco1. The average Bonchev–Trinajstić information content (AvgIpc) is 3.15. The molecule has 6 nitrogen and oxygen atoms in total. The number of hydrogen-bond acceptors (Lipinski definition) is 5. The minimum Gasteiger partial charge on any atom is -0.467 e. The number of ether oxygens (including phenoxy) is 1. The summed E-state index contributed by atoms with van der Waals surface area (Å²) in [5.41, 5.74) is 0. The first-order valence-corrected chi connectivity index (χ1v) is 11.4. The van der Waals surface area contributed by atoms with Gasteiger partial charge in [-0.25, -0.2) is 9.69 Å². The van der Waals surface area contributed by atoms with Crippen molar-refractivity contribution in [2.24, 2.45) is 0 Å². The van der Waals surface area contributed by atoms with Gasteiger partial charge in [-0.05, 0) is 37.2 Å². The Morgan fingerprint density at radius 1 is 1.32 bits per heavy atom. The first kappa shape index (κ1) is 19.5. The lowest BCUT2D eigenvalue weighted by atomic mass is 9.96. The van der Waals surface area contributed by atoms with E-state index in [0.29, 0.717) is 5.76 Å². The van der Waals surface area contributed by atoms with E-state index < -0.39 is 26.6 Å². The van der Waals surface area contributed by atoms with Gasteiger partial charge in [0.2, 0.25) is 0 Å². The summed E-state index contributed by atoms with van der Waals surface area (Å²) in [6.07, 6.45) is 3.68. The predicted octanol–water partition coefficient (Wildman–Crippen LogP) is 4.27. The number of furan rings is 1. The van der Waals surface area contributed by atoms with Crippen LogP contribution in [0.2, 0.25) is 18.1 Å². The third-order valence-electron chi connectivity index (χ3n) is 4.93. The number of likely N-dealkylation sites (tertiary alicyclic amines) is 1. The van der Waals surface area contributed by atoms with Crippen LogP contribution in [0.25, 0.3) is 0 Å². The number of β-lactam (4-membered cyclic amide) rings is 1. The van der Waals surface area contributed by atoms with Crippen LogP contribution in [0.4, 0.5) is 4.79 Å². The summed E-state index contributed by atoms with van der Waals surface area (Å²) in [6.45, 7) is 8.28. The normalized spacial score (nSPS) is 20.8. The molecule has 0 bridgehead atoms. The Bertz CT molecular complexity index is 601. The highest BCUT2D eigenvalue weighted by Gasteiger charge is 2.56. The third kappa shape index (κ3) is 3.87. The molecule has 0 N–H and O–H groups in total. The third-order valence-corrected chi connectivity index (χ3v) is 9.55. The van der Waals surface area contributed by atoms with E-state index in [-0.39, 0.29) is 12.5 Å². The lowest BCUT2D eigenvalue weighted by Crippen LogP contribution is -2.64. The Balaban J connectivity index is 2.20. The number of hydrogen-bond donors (Lipinski definition) is 0. The smallest absolute Gasteiger partial charge is 0.417 e. The molecule has 1 aromatic rings. The topological polar surface area (TPSA) is 69.0 Å². The van der Waals surface area contributed by atoms with Crippen molar-refractivity contribution < 1.29 is 23.2 Å². The molecule has 1 aliphatic heterocycles. The minimum absolute atomic E-state index is 0.132. The molecule has 2 rings (SSSR count). The number of carbonyl (C=O) groups excluding carboxylic acids is 2. The summed E-state index contributed by atoms with van der Waals surface area (Å²) >= 11 is 0. The zero-order chi connectivity index (χ0) is 18.4. The molecular weight excluding hydrogens is 338 g/mol.